The first kappa shape index (κ1) is 12.9. The molecule has 0 fully saturated rings. The van der Waals surface area contributed by atoms with Crippen molar-refractivity contribution in [1.29, 1.82) is 0 Å². The molecule has 0 N–H and O–H groups in total. The van der Waals surface area contributed by atoms with Crippen LogP contribution in [0.25, 0.3) is 0 Å². The summed E-state index contributed by atoms with van der Waals surface area (Å²) in [6, 6.07) is 6.88. The van der Waals surface area contributed by atoms with Gasteiger partial charge in [0, 0.05) is 29.7 Å². The van der Waals surface area contributed by atoms with E-state index in [1.807, 2.05) is 24.1 Å². The van der Waals surface area contributed by atoms with Gasteiger partial charge < -0.3 is 4.90 Å². The van der Waals surface area contributed by atoms with Gasteiger partial charge in [0.2, 0.25) is 0 Å². The number of benzene rings is 1. The van der Waals surface area contributed by atoms with E-state index in [-0.39, 0.29) is 5.82 Å². The number of aliphatic imine (C=N–C) groups is 1. The van der Waals surface area contributed by atoms with Crippen molar-refractivity contribution in [2.45, 2.75) is 11.8 Å². The predicted octanol–water partition coefficient (Wildman–Crippen LogP) is 3.12. The number of thioether (sulfide) groups is 1. The van der Waals surface area contributed by atoms with Gasteiger partial charge in [-0.3, -0.25) is 4.99 Å². The highest BCUT2D eigenvalue weighted by Gasteiger charge is 2.21. The van der Waals surface area contributed by atoms with Crippen molar-refractivity contribution in [2.75, 3.05) is 18.9 Å². The van der Waals surface area contributed by atoms with Crippen LogP contribution in [0.4, 0.5) is 4.39 Å². The summed E-state index contributed by atoms with van der Waals surface area (Å²) >= 11 is 5.21. The summed E-state index contributed by atoms with van der Waals surface area (Å²) in [4.78, 5) is 6.47. The Morgan fingerprint density at radius 2 is 2.29 bits per heavy atom. The molecule has 2 nitrogen and oxygen atoms in total. The molecule has 0 saturated heterocycles. The van der Waals surface area contributed by atoms with E-state index in [4.69, 9.17) is 0 Å². The van der Waals surface area contributed by atoms with Crippen LogP contribution in [0.15, 0.2) is 29.3 Å². The minimum absolute atomic E-state index is 0.153. The molecule has 92 valence electrons. The number of alkyl halides is 1. The third-order valence-electron chi connectivity index (χ3n) is 2.57. The quantitative estimate of drug-likeness (QED) is 0.796. The highest BCUT2D eigenvalue weighted by atomic mass is 79.9. The molecule has 1 aliphatic heterocycles. The lowest BCUT2D eigenvalue weighted by Crippen LogP contribution is -2.23. The van der Waals surface area contributed by atoms with E-state index in [1.165, 1.54) is 6.07 Å². The van der Waals surface area contributed by atoms with Crippen molar-refractivity contribution >= 4 is 32.9 Å². The van der Waals surface area contributed by atoms with E-state index in [0.717, 1.165) is 17.0 Å². The van der Waals surface area contributed by atoms with Gasteiger partial charge in [-0.05, 0) is 6.07 Å². The smallest absolute Gasteiger partial charge is 0.159 e. The van der Waals surface area contributed by atoms with E-state index < -0.39 is 0 Å². The SMILES string of the molecule is CN(Cc1ccccc1F)C1=NCC(CBr)S1. The molecule has 5 heteroatoms. The number of halogens is 2. The van der Waals surface area contributed by atoms with E-state index in [1.54, 1.807) is 17.8 Å². The number of rotatable bonds is 3. The van der Waals surface area contributed by atoms with E-state index in [0.29, 0.717) is 17.4 Å². The van der Waals surface area contributed by atoms with Crippen molar-refractivity contribution < 1.29 is 4.39 Å². The Bertz CT molecular complexity index is 425. The molecule has 2 rings (SSSR count). The van der Waals surface area contributed by atoms with Crippen LogP contribution < -0.4 is 0 Å². The molecule has 0 aromatic heterocycles. The Morgan fingerprint density at radius 1 is 1.53 bits per heavy atom. The zero-order valence-corrected chi connectivity index (χ0v) is 12.0. The predicted molar refractivity (Wildman–Crippen MR) is 75.3 cm³/mol. The van der Waals surface area contributed by atoms with Gasteiger partial charge in [0.25, 0.3) is 0 Å². The maximum atomic E-state index is 13.5. The van der Waals surface area contributed by atoms with Gasteiger partial charge in [-0.1, -0.05) is 45.9 Å². The standard InChI is InChI=1S/C12H14BrFN2S/c1-16(12-15-7-10(6-13)17-12)8-9-4-2-3-5-11(9)14/h2-5,10H,6-8H2,1H3. The lowest BCUT2D eigenvalue weighted by Gasteiger charge is -2.19. The van der Waals surface area contributed by atoms with Gasteiger partial charge in [-0.15, -0.1) is 0 Å². The molecule has 1 aliphatic rings. The molecule has 1 atom stereocenters. The summed E-state index contributed by atoms with van der Waals surface area (Å²) in [5.41, 5.74) is 0.709. The van der Waals surface area contributed by atoms with E-state index in [9.17, 15) is 4.39 Å². The maximum absolute atomic E-state index is 13.5. The summed E-state index contributed by atoms with van der Waals surface area (Å²) in [6.07, 6.45) is 0. The Kier molecular flexibility index (Phi) is 4.45. The second kappa shape index (κ2) is 5.87. The molecule has 0 saturated carbocycles. The van der Waals surface area contributed by atoms with Gasteiger partial charge >= 0.3 is 0 Å². The lowest BCUT2D eigenvalue weighted by molar-refractivity contribution is 0.487. The largest absolute Gasteiger partial charge is 0.350 e. The number of hydrogen-bond acceptors (Lipinski definition) is 3. The molecular weight excluding hydrogens is 303 g/mol. The zero-order chi connectivity index (χ0) is 12.3. The second-order valence-electron chi connectivity index (χ2n) is 3.96. The fraction of sp³-hybridized carbons (Fsp3) is 0.417. The number of hydrogen-bond donors (Lipinski definition) is 0. The van der Waals surface area contributed by atoms with Crippen LogP contribution in [-0.2, 0) is 6.54 Å². The number of nitrogens with zero attached hydrogens (tertiary/aromatic N) is 2. The van der Waals surface area contributed by atoms with Gasteiger partial charge in [0.05, 0.1) is 6.54 Å². The van der Waals surface area contributed by atoms with Crippen LogP contribution >= 0.6 is 27.7 Å². The van der Waals surface area contributed by atoms with Crippen LogP contribution in [0.5, 0.6) is 0 Å². The molecule has 0 radical (unpaired) electrons. The average Bonchev–Trinajstić information content (AvgIpc) is 2.81. The van der Waals surface area contributed by atoms with Crippen LogP contribution in [0.1, 0.15) is 5.56 Å². The average molecular weight is 317 g/mol. The Morgan fingerprint density at radius 3 is 2.94 bits per heavy atom. The number of amidine groups is 1. The minimum Gasteiger partial charge on any atom is -0.350 e. The second-order valence-corrected chi connectivity index (χ2v) is 5.88. The molecule has 1 heterocycles. The van der Waals surface area contributed by atoms with Crippen molar-refractivity contribution in [3.05, 3.63) is 35.6 Å². The first-order valence-electron chi connectivity index (χ1n) is 5.42. The van der Waals surface area contributed by atoms with Gasteiger partial charge in [0.1, 0.15) is 5.82 Å². The Balaban J connectivity index is 1.98. The topological polar surface area (TPSA) is 15.6 Å². The molecule has 1 aromatic carbocycles. The zero-order valence-electron chi connectivity index (χ0n) is 9.57. The van der Waals surface area contributed by atoms with Crippen LogP contribution in [0, 0.1) is 5.82 Å². The minimum atomic E-state index is -0.153. The van der Waals surface area contributed by atoms with E-state index >= 15 is 0 Å². The van der Waals surface area contributed by atoms with Gasteiger partial charge in [0.15, 0.2) is 5.17 Å². The fourth-order valence-electron chi connectivity index (χ4n) is 1.64. The van der Waals surface area contributed by atoms with Crippen molar-refractivity contribution in [3.8, 4) is 0 Å². The summed E-state index contributed by atoms with van der Waals surface area (Å²) in [7, 11) is 1.95. The summed E-state index contributed by atoms with van der Waals surface area (Å²) in [6.45, 7) is 1.40. The molecule has 0 spiro atoms. The van der Waals surface area contributed by atoms with Crippen molar-refractivity contribution in [3.63, 3.8) is 0 Å². The fourth-order valence-corrected chi connectivity index (χ4v) is 3.15. The summed E-state index contributed by atoms with van der Waals surface area (Å²) < 4.78 is 13.5. The monoisotopic (exact) mass is 316 g/mol. The van der Waals surface area contributed by atoms with Crippen molar-refractivity contribution in [2.24, 2.45) is 4.99 Å². The summed E-state index contributed by atoms with van der Waals surface area (Å²) in [5, 5.41) is 2.45. The lowest BCUT2D eigenvalue weighted by atomic mass is 10.2. The van der Waals surface area contributed by atoms with E-state index in [2.05, 4.69) is 20.9 Å². The normalized spacial score (nSPS) is 19.2. The molecule has 1 unspecified atom stereocenters. The maximum Gasteiger partial charge on any atom is 0.159 e. The third kappa shape index (κ3) is 3.22. The van der Waals surface area contributed by atoms with Crippen molar-refractivity contribution in [1.82, 2.24) is 4.90 Å². The highest BCUT2D eigenvalue weighted by Crippen LogP contribution is 2.25. The Hall–Kier alpha value is -0.550. The third-order valence-corrected chi connectivity index (χ3v) is 5.08. The molecule has 0 bridgehead atoms. The van der Waals surface area contributed by atoms with Crippen LogP contribution in [0.2, 0.25) is 0 Å². The first-order chi connectivity index (χ1) is 8.20. The van der Waals surface area contributed by atoms with Crippen LogP contribution in [0.3, 0.4) is 0 Å². The molecular formula is C12H14BrFN2S. The summed E-state index contributed by atoms with van der Waals surface area (Å²) in [5.74, 6) is -0.153. The van der Waals surface area contributed by atoms with Crippen LogP contribution in [-0.4, -0.2) is 34.2 Å². The first-order valence-corrected chi connectivity index (χ1v) is 7.42. The highest BCUT2D eigenvalue weighted by molar-refractivity contribution is 9.09. The Labute approximate surface area is 113 Å². The molecule has 1 aromatic rings. The van der Waals surface area contributed by atoms with Gasteiger partial charge in [-0.25, -0.2) is 4.39 Å². The molecule has 17 heavy (non-hydrogen) atoms. The molecule has 0 amide bonds. The van der Waals surface area contributed by atoms with Gasteiger partial charge in [-0.2, -0.15) is 0 Å². The molecule has 0 aliphatic carbocycles.